The molecule has 0 unspecified atom stereocenters. The largest absolute Gasteiger partial charge is 0.303 e. The van der Waals surface area contributed by atoms with Crippen LogP contribution in [-0.2, 0) is 4.79 Å². The molecular weight excluding hydrogens is 190 g/mol. The molecule has 1 amide bonds. The molecule has 4 heteroatoms. The van der Waals surface area contributed by atoms with Crippen LogP contribution in [0, 0.1) is 0 Å². The molecule has 0 atom stereocenters. The van der Waals surface area contributed by atoms with Crippen LogP contribution in [0.25, 0.3) is 0 Å². The Balaban J connectivity index is 1.89. The van der Waals surface area contributed by atoms with Crippen molar-refractivity contribution in [3.05, 3.63) is 0 Å². The molecule has 1 fully saturated rings. The number of carbonyl (C=O) groups is 1. The SMILES string of the molecule is NNC(=O)CCCCCN1CCCCC1. The van der Waals surface area contributed by atoms with Crippen LogP contribution in [0.4, 0.5) is 0 Å². The highest BCUT2D eigenvalue weighted by Gasteiger charge is 2.08. The van der Waals surface area contributed by atoms with Crippen LogP contribution in [0.1, 0.15) is 44.9 Å². The van der Waals surface area contributed by atoms with Gasteiger partial charge in [-0.05, 0) is 45.3 Å². The number of unbranched alkanes of at least 4 members (excludes halogenated alkanes) is 2. The summed E-state index contributed by atoms with van der Waals surface area (Å²) in [4.78, 5) is 13.4. The van der Waals surface area contributed by atoms with Gasteiger partial charge in [0.2, 0.25) is 5.91 Å². The van der Waals surface area contributed by atoms with Gasteiger partial charge in [-0.15, -0.1) is 0 Å². The lowest BCUT2D eigenvalue weighted by Gasteiger charge is -2.26. The minimum atomic E-state index is -0.0482. The number of piperidine rings is 1. The highest BCUT2D eigenvalue weighted by Crippen LogP contribution is 2.10. The van der Waals surface area contributed by atoms with Crippen molar-refractivity contribution in [2.24, 2.45) is 5.84 Å². The van der Waals surface area contributed by atoms with Crippen molar-refractivity contribution in [2.45, 2.75) is 44.9 Å². The number of nitrogens with two attached hydrogens (primary N) is 1. The molecule has 0 radical (unpaired) electrons. The first-order chi connectivity index (χ1) is 7.33. The standard InChI is InChI=1S/C11H23N3O/c12-13-11(15)7-3-1-4-8-14-9-5-2-6-10-14/h1-10,12H2,(H,13,15). The summed E-state index contributed by atoms with van der Waals surface area (Å²) >= 11 is 0. The van der Waals surface area contributed by atoms with Crippen LogP contribution in [0.2, 0.25) is 0 Å². The zero-order valence-electron chi connectivity index (χ0n) is 9.50. The Kier molecular flexibility index (Phi) is 6.36. The van der Waals surface area contributed by atoms with Crippen molar-refractivity contribution >= 4 is 5.91 Å². The van der Waals surface area contributed by atoms with E-state index in [0.29, 0.717) is 6.42 Å². The van der Waals surface area contributed by atoms with E-state index in [-0.39, 0.29) is 5.91 Å². The van der Waals surface area contributed by atoms with E-state index < -0.39 is 0 Å². The van der Waals surface area contributed by atoms with E-state index in [1.807, 2.05) is 0 Å². The molecule has 88 valence electrons. The summed E-state index contributed by atoms with van der Waals surface area (Å²) in [6, 6.07) is 0. The molecule has 0 aromatic carbocycles. The van der Waals surface area contributed by atoms with E-state index in [1.54, 1.807) is 0 Å². The van der Waals surface area contributed by atoms with E-state index in [4.69, 9.17) is 5.84 Å². The second-order valence-electron chi connectivity index (χ2n) is 4.28. The van der Waals surface area contributed by atoms with Gasteiger partial charge in [0.1, 0.15) is 0 Å². The molecule has 0 saturated carbocycles. The number of hydrogen-bond acceptors (Lipinski definition) is 3. The van der Waals surface area contributed by atoms with E-state index >= 15 is 0 Å². The molecule has 3 N–H and O–H groups in total. The monoisotopic (exact) mass is 213 g/mol. The summed E-state index contributed by atoms with van der Waals surface area (Å²) in [5.41, 5.74) is 2.16. The Morgan fingerprint density at radius 3 is 2.53 bits per heavy atom. The molecule has 0 spiro atoms. The number of hydrazine groups is 1. The van der Waals surface area contributed by atoms with Crippen molar-refractivity contribution in [1.82, 2.24) is 10.3 Å². The number of nitrogens with one attached hydrogen (secondary N) is 1. The quantitative estimate of drug-likeness (QED) is 0.300. The Morgan fingerprint density at radius 1 is 1.13 bits per heavy atom. The first-order valence-electron chi connectivity index (χ1n) is 6.05. The second kappa shape index (κ2) is 7.65. The maximum Gasteiger partial charge on any atom is 0.233 e. The Hall–Kier alpha value is -0.610. The van der Waals surface area contributed by atoms with Crippen LogP contribution in [0.15, 0.2) is 0 Å². The van der Waals surface area contributed by atoms with Crippen LogP contribution in [-0.4, -0.2) is 30.4 Å². The molecule has 0 aliphatic carbocycles. The Bertz CT molecular complexity index is 179. The van der Waals surface area contributed by atoms with Crippen molar-refractivity contribution < 1.29 is 4.79 Å². The van der Waals surface area contributed by atoms with Crippen molar-refractivity contribution in [1.29, 1.82) is 0 Å². The van der Waals surface area contributed by atoms with Gasteiger partial charge < -0.3 is 4.90 Å². The zero-order chi connectivity index (χ0) is 10.9. The van der Waals surface area contributed by atoms with E-state index in [1.165, 1.54) is 45.3 Å². The smallest absolute Gasteiger partial charge is 0.233 e. The summed E-state index contributed by atoms with van der Waals surface area (Å²) in [5.74, 6) is 4.95. The predicted octanol–water partition coefficient (Wildman–Crippen LogP) is 1.02. The number of likely N-dealkylation sites (tertiary alicyclic amines) is 1. The predicted molar refractivity (Wildman–Crippen MR) is 61.1 cm³/mol. The number of carbonyl (C=O) groups excluding carboxylic acids is 1. The van der Waals surface area contributed by atoms with Gasteiger partial charge in [0.25, 0.3) is 0 Å². The average Bonchev–Trinajstić information content (AvgIpc) is 2.29. The normalized spacial score (nSPS) is 17.7. The number of amides is 1. The number of hydrogen-bond donors (Lipinski definition) is 2. The van der Waals surface area contributed by atoms with Crippen molar-refractivity contribution in [3.8, 4) is 0 Å². The lowest BCUT2D eigenvalue weighted by Crippen LogP contribution is -2.31. The van der Waals surface area contributed by atoms with Crippen molar-refractivity contribution in [3.63, 3.8) is 0 Å². The minimum absolute atomic E-state index is 0.0482. The molecule has 0 bridgehead atoms. The van der Waals surface area contributed by atoms with Gasteiger partial charge >= 0.3 is 0 Å². The summed E-state index contributed by atoms with van der Waals surface area (Å²) in [6.07, 6.45) is 7.97. The molecule has 15 heavy (non-hydrogen) atoms. The maximum absolute atomic E-state index is 10.8. The lowest BCUT2D eigenvalue weighted by molar-refractivity contribution is -0.121. The lowest BCUT2D eigenvalue weighted by atomic mass is 10.1. The molecule has 4 nitrogen and oxygen atoms in total. The van der Waals surface area contributed by atoms with E-state index in [9.17, 15) is 4.79 Å². The minimum Gasteiger partial charge on any atom is -0.303 e. The maximum atomic E-state index is 10.8. The highest BCUT2D eigenvalue weighted by atomic mass is 16.2. The molecule has 0 aromatic heterocycles. The average molecular weight is 213 g/mol. The first-order valence-corrected chi connectivity index (χ1v) is 6.05. The van der Waals surface area contributed by atoms with Gasteiger partial charge in [0.15, 0.2) is 0 Å². The highest BCUT2D eigenvalue weighted by molar-refractivity contribution is 5.74. The molecule has 0 aromatic rings. The summed E-state index contributed by atoms with van der Waals surface area (Å²) in [5, 5.41) is 0. The first kappa shape index (κ1) is 12.5. The second-order valence-corrected chi connectivity index (χ2v) is 4.28. The number of rotatable bonds is 6. The van der Waals surface area contributed by atoms with Gasteiger partial charge in [-0.3, -0.25) is 10.2 Å². The fraction of sp³-hybridized carbons (Fsp3) is 0.909. The Labute approximate surface area is 92.2 Å². The molecule has 1 aliphatic rings. The van der Waals surface area contributed by atoms with Crippen molar-refractivity contribution in [2.75, 3.05) is 19.6 Å². The van der Waals surface area contributed by atoms with Gasteiger partial charge in [0.05, 0.1) is 0 Å². The van der Waals surface area contributed by atoms with Crippen LogP contribution in [0.3, 0.4) is 0 Å². The van der Waals surface area contributed by atoms with Crippen LogP contribution < -0.4 is 11.3 Å². The van der Waals surface area contributed by atoms with E-state index in [2.05, 4.69) is 10.3 Å². The third kappa shape index (κ3) is 5.74. The molecule has 1 heterocycles. The van der Waals surface area contributed by atoms with Crippen LogP contribution >= 0.6 is 0 Å². The van der Waals surface area contributed by atoms with Gasteiger partial charge in [-0.2, -0.15) is 0 Å². The van der Waals surface area contributed by atoms with E-state index in [0.717, 1.165) is 12.8 Å². The zero-order valence-corrected chi connectivity index (χ0v) is 9.50. The fourth-order valence-electron chi connectivity index (χ4n) is 2.05. The molecule has 1 aliphatic heterocycles. The van der Waals surface area contributed by atoms with Gasteiger partial charge in [-0.25, -0.2) is 5.84 Å². The summed E-state index contributed by atoms with van der Waals surface area (Å²) in [6.45, 7) is 3.73. The Morgan fingerprint density at radius 2 is 1.87 bits per heavy atom. The fourth-order valence-corrected chi connectivity index (χ4v) is 2.05. The van der Waals surface area contributed by atoms with Gasteiger partial charge in [-0.1, -0.05) is 12.8 Å². The van der Waals surface area contributed by atoms with Crippen LogP contribution in [0.5, 0.6) is 0 Å². The molecular formula is C11H23N3O. The summed E-state index contributed by atoms with van der Waals surface area (Å²) < 4.78 is 0. The third-order valence-corrected chi connectivity index (χ3v) is 2.99. The number of nitrogens with zero attached hydrogens (tertiary/aromatic N) is 1. The summed E-state index contributed by atoms with van der Waals surface area (Å²) in [7, 11) is 0. The van der Waals surface area contributed by atoms with Gasteiger partial charge in [0, 0.05) is 6.42 Å². The topological polar surface area (TPSA) is 58.4 Å². The molecule has 1 saturated heterocycles. The molecule has 1 rings (SSSR count). The third-order valence-electron chi connectivity index (χ3n) is 2.99.